The summed E-state index contributed by atoms with van der Waals surface area (Å²) in [6, 6.07) is 9.45. The zero-order chi connectivity index (χ0) is 12.8. The van der Waals surface area contributed by atoms with Gasteiger partial charge in [0.1, 0.15) is 0 Å². The normalized spacial score (nSPS) is 21.8. The molecule has 1 aromatic rings. The van der Waals surface area contributed by atoms with Crippen molar-refractivity contribution < 1.29 is 0 Å². The van der Waals surface area contributed by atoms with Gasteiger partial charge in [0.2, 0.25) is 0 Å². The summed E-state index contributed by atoms with van der Waals surface area (Å²) >= 11 is 0. The zero-order valence-corrected chi connectivity index (χ0v) is 11.7. The highest BCUT2D eigenvalue weighted by Gasteiger charge is 2.15. The summed E-state index contributed by atoms with van der Waals surface area (Å²) in [7, 11) is 0. The van der Waals surface area contributed by atoms with Gasteiger partial charge in [-0.05, 0) is 57.3 Å². The Labute approximate surface area is 111 Å². The first kappa shape index (κ1) is 13.6. The SMILES string of the molecule is CCC(NCC1CCCNC1)c1ccc(C)cc1. The highest BCUT2D eigenvalue weighted by molar-refractivity contribution is 5.24. The lowest BCUT2D eigenvalue weighted by Crippen LogP contribution is -2.37. The average Bonchev–Trinajstić information content (AvgIpc) is 2.42. The van der Waals surface area contributed by atoms with Crippen molar-refractivity contribution in [3.05, 3.63) is 35.4 Å². The van der Waals surface area contributed by atoms with Crippen molar-refractivity contribution in [2.45, 2.75) is 39.2 Å². The first-order valence-corrected chi connectivity index (χ1v) is 7.30. The Morgan fingerprint density at radius 1 is 1.33 bits per heavy atom. The molecule has 0 bridgehead atoms. The molecule has 2 rings (SSSR count). The summed E-state index contributed by atoms with van der Waals surface area (Å²) in [6.45, 7) is 7.92. The highest BCUT2D eigenvalue weighted by Crippen LogP contribution is 2.18. The van der Waals surface area contributed by atoms with E-state index in [0.29, 0.717) is 6.04 Å². The molecule has 100 valence electrons. The van der Waals surface area contributed by atoms with Crippen molar-refractivity contribution in [1.82, 2.24) is 10.6 Å². The second kappa shape index (κ2) is 6.91. The van der Waals surface area contributed by atoms with Gasteiger partial charge in [0.25, 0.3) is 0 Å². The minimum Gasteiger partial charge on any atom is -0.316 e. The van der Waals surface area contributed by atoms with Crippen LogP contribution >= 0.6 is 0 Å². The fraction of sp³-hybridized carbons (Fsp3) is 0.625. The number of rotatable bonds is 5. The summed E-state index contributed by atoms with van der Waals surface area (Å²) in [6.07, 6.45) is 3.85. The van der Waals surface area contributed by atoms with Crippen molar-refractivity contribution >= 4 is 0 Å². The lowest BCUT2D eigenvalue weighted by Gasteiger charge is -2.26. The van der Waals surface area contributed by atoms with Crippen LogP contribution in [0.15, 0.2) is 24.3 Å². The number of nitrogens with one attached hydrogen (secondary N) is 2. The Morgan fingerprint density at radius 3 is 2.72 bits per heavy atom. The lowest BCUT2D eigenvalue weighted by atomic mass is 9.97. The molecule has 2 atom stereocenters. The molecule has 0 aromatic heterocycles. The van der Waals surface area contributed by atoms with E-state index in [1.807, 2.05) is 0 Å². The third-order valence-corrected chi connectivity index (χ3v) is 3.94. The van der Waals surface area contributed by atoms with Crippen molar-refractivity contribution in [3.8, 4) is 0 Å². The molecule has 1 aromatic carbocycles. The number of aryl methyl sites for hydroxylation is 1. The van der Waals surface area contributed by atoms with Gasteiger partial charge in [-0.3, -0.25) is 0 Å². The number of piperidine rings is 1. The monoisotopic (exact) mass is 246 g/mol. The van der Waals surface area contributed by atoms with Gasteiger partial charge in [-0.15, -0.1) is 0 Å². The van der Waals surface area contributed by atoms with E-state index in [0.717, 1.165) is 18.9 Å². The van der Waals surface area contributed by atoms with E-state index in [-0.39, 0.29) is 0 Å². The van der Waals surface area contributed by atoms with Crippen molar-refractivity contribution in [3.63, 3.8) is 0 Å². The molecule has 1 heterocycles. The molecular weight excluding hydrogens is 220 g/mol. The van der Waals surface area contributed by atoms with E-state index in [9.17, 15) is 0 Å². The van der Waals surface area contributed by atoms with E-state index in [1.54, 1.807) is 0 Å². The maximum absolute atomic E-state index is 3.73. The topological polar surface area (TPSA) is 24.1 Å². The molecule has 1 aliphatic heterocycles. The molecule has 0 spiro atoms. The van der Waals surface area contributed by atoms with Gasteiger partial charge in [0.05, 0.1) is 0 Å². The molecule has 2 N–H and O–H groups in total. The largest absolute Gasteiger partial charge is 0.316 e. The van der Waals surface area contributed by atoms with Crippen molar-refractivity contribution in [2.24, 2.45) is 5.92 Å². The third kappa shape index (κ3) is 3.82. The molecule has 0 saturated carbocycles. The van der Waals surface area contributed by atoms with Gasteiger partial charge in [-0.2, -0.15) is 0 Å². The first-order chi connectivity index (χ1) is 8.79. The lowest BCUT2D eigenvalue weighted by molar-refractivity contribution is 0.342. The van der Waals surface area contributed by atoms with E-state index < -0.39 is 0 Å². The van der Waals surface area contributed by atoms with Crippen LogP contribution in [0.2, 0.25) is 0 Å². The van der Waals surface area contributed by atoms with Crippen molar-refractivity contribution in [1.29, 1.82) is 0 Å². The van der Waals surface area contributed by atoms with Crippen LogP contribution in [0.1, 0.15) is 43.4 Å². The molecule has 1 fully saturated rings. The predicted octanol–water partition coefficient (Wildman–Crippen LogP) is 3.04. The van der Waals surface area contributed by atoms with E-state index in [1.165, 1.54) is 37.1 Å². The van der Waals surface area contributed by atoms with Crippen LogP contribution in [0.3, 0.4) is 0 Å². The Balaban J connectivity index is 1.86. The predicted molar refractivity (Wildman–Crippen MR) is 77.8 cm³/mol. The van der Waals surface area contributed by atoms with Crippen LogP contribution in [0.4, 0.5) is 0 Å². The van der Waals surface area contributed by atoms with Crippen LogP contribution in [-0.4, -0.2) is 19.6 Å². The Bertz CT molecular complexity index is 339. The molecule has 2 unspecified atom stereocenters. The van der Waals surface area contributed by atoms with Crippen LogP contribution in [0.25, 0.3) is 0 Å². The number of hydrogen-bond donors (Lipinski definition) is 2. The Morgan fingerprint density at radius 2 is 2.11 bits per heavy atom. The maximum Gasteiger partial charge on any atom is 0.0317 e. The van der Waals surface area contributed by atoms with E-state index in [4.69, 9.17) is 0 Å². The van der Waals surface area contributed by atoms with E-state index in [2.05, 4.69) is 48.7 Å². The molecule has 1 saturated heterocycles. The molecule has 2 heteroatoms. The molecule has 0 aliphatic carbocycles. The highest BCUT2D eigenvalue weighted by atomic mass is 14.9. The average molecular weight is 246 g/mol. The van der Waals surface area contributed by atoms with Gasteiger partial charge in [-0.25, -0.2) is 0 Å². The van der Waals surface area contributed by atoms with Crippen LogP contribution in [0, 0.1) is 12.8 Å². The molecule has 0 radical (unpaired) electrons. The minimum absolute atomic E-state index is 0.507. The summed E-state index contributed by atoms with van der Waals surface area (Å²) < 4.78 is 0. The number of benzene rings is 1. The van der Waals surface area contributed by atoms with Gasteiger partial charge in [0, 0.05) is 6.04 Å². The zero-order valence-electron chi connectivity index (χ0n) is 11.7. The first-order valence-electron chi connectivity index (χ1n) is 7.30. The smallest absolute Gasteiger partial charge is 0.0317 e. The van der Waals surface area contributed by atoms with Crippen LogP contribution < -0.4 is 10.6 Å². The Hall–Kier alpha value is -0.860. The third-order valence-electron chi connectivity index (χ3n) is 3.94. The minimum atomic E-state index is 0.507. The molecule has 2 nitrogen and oxygen atoms in total. The van der Waals surface area contributed by atoms with Crippen LogP contribution in [-0.2, 0) is 0 Å². The quantitative estimate of drug-likeness (QED) is 0.834. The van der Waals surface area contributed by atoms with Crippen LogP contribution in [0.5, 0.6) is 0 Å². The van der Waals surface area contributed by atoms with Gasteiger partial charge >= 0.3 is 0 Å². The standard InChI is InChI=1S/C16H26N2/c1-3-16(15-8-6-13(2)7-9-15)18-12-14-5-4-10-17-11-14/h6-9,14,16-18H,3-5,10-12H2,1-2H3. The summed E-state index contributed by atoms with van der Waals surface area (Å²) in [5.41, 5.74) is 2.76. The second-order valence-corrected chi connectivity index (χ2v) is 5.49. The van der Waals surface area contributed by atoms with E-state index >= 15 is 0 Å². The fourth-order valence-corrected chi connectivity index (χ4v) is 2.70. The molecule has 0 amide bonds. The van der Waals surface area contributed by atoms with Gasteiger partial charge in [0.15, 0.2) is 0 Å². The molecule has 18 heavy (non-hydrogen) atoms. The molecule has 1 aliphatic rings. The summed E-state index contributed by atoms with van der Waals surface area (Å²) in [4.78, 5) is 0. The van der Waals surface area contributed by atoms with Gasteiger partial charge in [-0.1, -0.05) is 36.8 Å². The summed E-state index contributed by atoms with van der Waals surface area (Å²) in [5, 5.41) is 7.22. The van der Waals surface area contributed by atoms with Gasteiger partial charge < -0.3 is 10.6 Å². The maximum atomic E-state index is 3.73. The van der Waals surface area contributed by atoms with Crippen molar-refractivity contribution in [2.75, 3.05) is 19.6 Å². The summed E-state index contributed by atoms with van der Waals surface area (Å²) in [5.74, 6) is 0.804. The fourth-order valence-electron chi connectivity index (χ4n) is 2.70. The second-order valence-electron chi connectivity index (χ2n) is 5.49. The molecular formula is C16H26N2. The number of hydrogen-bond acceptors (Lipinski definition) is 2. The Kier molecular flexibility index (Phi) is 5.21.